The zero-order valence-electron chi connectivity index (χ0n) is 21.3. The Morgan fingerprint density at radius 2 is 1.94 bits per heavy atom. The van der Waals surface area contributed by atoms with Crippen LogP contribution in [0.1, 0.15) is 63.3 Å². The molecule has 1 aliphatic carbocycles. The SMILES string of the molecule is COc1ccc2c3c(n(C)c2c1)[C@H](CO)N(C(=O)CC1CC1)CC31CCN(C(=O)NC(C)C)CC1. The fourth-order valence-corrected chi connectivity index (χ4v) is 6.19. The van der Waals surface area contributed by atoms with Crippen molar-refractivity contribution >= 4 is 22.8 Å². The highest BCUT2D eigenvalue weighted by atomic mass is 16.5. The summed E-state index contributed by atoms with van der Waals surface area (Å²) in [5.41, 5.74) is 3.04. The highest BCUT2D eigenvalue weighted by Crippen LogP contribution is 2.50. The first-order valence-corrected chi connectivity index (χ1v) is 12.9. The number of carbonyl (C=O) groups excluding carboxylic acids is 2. The van der Waals surface area contributed by atoms with Crippen LogP contribution in [0, 0.1) is 5.92 Å². The third-order valence-electron chi connectivity index (χ3n) is 8.22. The third kappa shape index (κ3) is 4.15. The van der Waals surface area contributed by atoms with Gasteiger partial charge >= 0.3 is 6.03 Å². The molecule has 8 heteroatoms. The lowest BCUT2D eigenvalue weighted by Crippen LogP contribution is -2.57. The number of amides is 3. The molecule has 2 aromatic rings. The van der Waals surface area contributed by atoms with Gasteiger partial charge in [-0.05, 0) is 63.1 Å². The number of aliphatic hydroxyl groups is 1. The molecule has 190 valence electrons. The van der Waals surface area contributed by atoms with Crippen LogP contribution in [0.4, 0.5) is 4.79 Å². The number of hydrogen-bond donors (Lipinski definition) is 2. The standard InChI is InChI=1S/C27H38N4O4/c1-17(2)28-26(34)30-11-9-27(10-12-30)16-31(23(33)13-18-5-6-18)22(15-32)25-24(27)20-8-7-19(35-4)14-21(20)29(25)3/h7-8,14,17-18,22,32H,5-6,9-13,15-16H2,1-4H3,(H,28,34)/t22-/m0/s1. The Morgan fingerprint density at radius 3 is 2.54 bits per heavy atom. The van der Waals surface area contributed by atoms with E-state index in [9.17, 15) is 14.7 Å². The fourth-order valence-electron chi connectivity index (χ4n) is 6.19. The van der Waals surface area contributed by atoms with Crippen LogP contribution in [0.5, 0.6) is 5.75 Å². The van der Waals surface area contributed by atoms with Crippen molar-refractivity contribution in [3.63, 3.8) is 0 Å². The van der Waals surface area contributed by atoms with E-state index in [1.165, 1.54) is 5.56 Å². The molecule has 1 saturated carbocycles. The number of hydrogen-bond acceptors (Lipinski definition) is 4. The van der Waals surface area contributed by atoms with Crippen LogP contribution in [0.2, 0.25) is 0 Å². The molecule has 1 aromatic carbocycles. The van der Waals surface area contributed by atoms with Gasteiger partial charge < -0.3 is 29.5 Å². The Bertz CT molecular complexity index is 1130. The van der Waals surface area contributed by atoms with Gasteiger partial charge in [0.15, 0.2) is 0 Å². The molecule has 5 rings (SSSR count). The van der Waals surface area contributed by atoms with Crippen LogP contribution in [0.3, 0.4) is 0 Å². The Morgan fingerprint density at radius 1 is 1.23 bits per heavy atom. The summed E-state index contributed by atoms with van der Waals surface area (Å²) in [5.74, 6) is 1.41. The number of urea groups is 1. The van der Waals surface area contributed by atoms with Gasteiger partial charge in [-0.3, -0.25) is 4.79 Å². The molecule has 2 N–H and O–H groups in total. The van der Waals surface area contributed by atoms with Crippen LogP contribution in [0.15, 0.2) is 18.2 Å². The van der Waals surface area contributed by atoms with Gasteiger partial charge in [-0.1, -0.05) is 0 Å². The number of methoxy groups -OCH3 is 1. The lowest BCUT2D eigenvalue weighted by Gasteiger charge is -2.50. The molecule has 8 nitrogen and oxygen atoms in total. The van der Waals surface area contributed by atoms with Gasteiger partial charge in [0.25, 0.3) is 0 Å². The first-order chi connectivity index (χ1) is 16.8. The summed E-state index contributed by atoms with van der Waals surface area (Å²) in [6, 6.07) is 5.84. The molecule has 0 radical (unpaired) electrons. The van der Waals surface area contributed by atoms with Gasteiger partial charge in [0.05, 0.1) is 25.3 Å². The number of benzene rings is 1. The molecule has 2 aliphatic heterocycles. The summed E-state index contributed by atoms with van der Waals surface area (Å²) < 4.78 is 7.65. The van der Waals surface area contributed by atoms with Crippen molar-refractivity contribution in [1.82, 2.24) is 19.7 Å². The zero-order valence-corrected chi connectivity index (χ0v) is 21.3. The van der Waals surface area contributed by atoms with Gasteiger partial charge in [-0.2, -0.15) is 0 Å². The van der Waals surface area contributed by atoms with Crippen molar-refractivity contribution in [2.24, 2.45) is 13.0 Å². The average Bonchev–Trinajstić information content (AvgIpc) is 3.61. The maximum atomic E-state index is 13.5. The van der Waals surface area contributed by atoms with Crippen LogP contribution < -0.4 is 10.1 Å². The summed E-state index contributed by atoms with van der Waals surface area (Å²) in [6.45, 7) is 5.70. The number of aryl methyl sites for hydroxylation is 1. The van der Waals surface area contributed by atoms with Crippen LogP contribution in [-0.4, -0.2) is 70.8 Å². The normalized spacial score (nSPS) is 21.5. The number of carbonyl (C=O) groups is 2. The maximum Gasteiger partial charge on any atom is 0.317 e. The van der Waals surface area contributed by atoms with E-state index in [0.717, 1.165) is 48.0 Å². The minimum Gasteiger partial charge on any atom is -0.497 e. The molecule has 1 atom stereocenters. The smallest absolute Gasteiger partial charge is 0.317 e. The lowest BCUT2D eigenvalue weighted by atomic mass is 9.68. The van der Waals surface area contributed by atoms with E-state index in [-0.39, 0.29) is 36.0 Å². The van der Waals surface area contributed by atoms with Crippen LogP contribution >= 0.6 is 0 Å². The molecule has 35 heavy (non-hydrogen) atoms. The van der Waals surface area contributed by atoms with E-state index in [2.05, 4.69) is 16.0 Å². The van der Waals surface area contributed by atoms with Gasteiger partial charge in [0.1, 0.15) is 5.75 Å². The highest BCUT2D eigenvalue weighted by Gasteiger charge is 2.50. The van der Waals surface area contributed by atoms with E-state index in [4.69, 9.17) is 4.74 Å². The summed E-state index contributed by atoms with van der Waals surface area (Å²) in [5, 5.41) is 14.7. The van der Waals surface area contributed by atoms with Crippen molar-refractivity contribution in [2.45, 2.75) is 63.5 Å². The Kier molecular flexibility index (Phi) is 6.20. The number of aromatic nitrogens is 1. The predicted octanol–water partition coefficient (Wildman–Crippen LogP) is 3.31. The minimum absolute atomic E-state index is 0.0246. The highest BCUT2D eigenvalue weighted by molar-refractivity contribution is 5.90. The van der Waals surface area contributed by atoms with Crippen molar-refractivity contribution in [3.8, 4) is 5.75 Å². The molecular formula is C27H38N4O4. The molecule has 3 heterocycles. The predicted molar refractivity (Wildman–Crippen MR) is 135 cm³/mol. The minimum atomic E-state index is -0.368. The van der Waals surface area contributed by atoms with Crippen molar-refractivity contribution in [1.29, 1.82) is 0 Å². The van der Waals surface area contributed by atoms with Crippen LogP contribution in [-0.2, 0) is 17.3 Å². The van der Waals surface area contributed by atoms with Gasteiger partial charge in [-0.25, -0.2) is 4.79 Å². The maximum absolute atomic E-state index is 13.5. The third-order valence-corrected chi connectivity index (χ3v) is 8.22. The molecule has 1 saturated heterocycles. The van der Waals surface area contributed by atoms with Gasteiger partial charge in [-0.15, -0.1) is 0 Å². The van der Waals surface area contributed by atoms with E-state index in [1.807, 2.05) is 42.8 Å². The quantitative estimate of drug-likeness (QED) is 0.685. The summed E-state index contributed by atoms with van der Waals surface area (Å²) >= 11 is 0. The van der Waals surface area contributed by atoms with Crippen molar-refractivity contribution in [2.75, 3.05) is 33.4 Å². The Hall–Kier alpha value is -2.74. The molecule has 3 amide bonds. The fraction of sp³-hybridized carbons (Fsp3) is 0.630. The number of ether oxygens (including phenoxy) is 1. The number of nitrogens with one attached hydrogen (secondary N) is 1. The Labute approximate surface area is 207 Å². The number of likely N-dealkylation sites (tertiary alicyclic amines) is 1. The number of piperidine rings is 1. The summed E-state index contributed by atoms with van der Waals surface area (Å²) in [4.78, 5) is 30.0. The van der Waals surface area contributed by atoms with E-state index < -0.39 is 0 Å². The second-order valence-electron chi connectivity index (χ2n) is 10.9. The van der Waals surface area contributed by atoms with Crippen LogP contribution in [0.25, 0.3) is 10.9 Å². The molecular weight excluding hydrogens is 444 g/mol. The molecule has 0 bridgehead atoms. The number of rotatable bonds is 5. The molecule has 1 spiro atoms. The lowest BCUT2D eigenvalue weighted by molar-refractivity contribution is -0.137. The molecule has 2 fully saturated rings. The summed E-state index contributed by atoms with van der Waals surface area (Å²) in [7, 11) is 3.69. The number of fused-ring (bicyclic) bond motifs is 4. The van der Waals surface area contributed by atoms with E-state index in [1.54, 1.807) is 7.11 Å². The van der Waals surface area contributed by atoms with Crippen molar-refractivity contribution < 1.29 is 19.4 Å². The average molecular weight is 483 g/mol. The van der Waals surface area contributed by atoms with E-state index >= 15 is 0 Å². The van der Waals surface area contributed by atoms with E-state index in [0.29, 0.717) is 32.0 Å². The molecule has 3 aliphatic rings. The van der Waals surface area contributed by atoms with Gasteiger partial charge in [0.2, 0.25) is 5.91 Å². The summed E-state index contributed by atoms with van der Waals surface area (Å²) in [6.07, 6.45) is 4.35. The second-order valence-corrected chi connectivity index (χ2v) is 10.9. The molecule has 1 aromatic heterocycles. The second kappa shape index (κ2) is 9.04. The topological polar surface area (TPSA) is 87.0 Å². The largest absolute Gasteiger partial charge is 0.497 e. The Balaban J connectivity index is 1.58. The first-order valence-electron chi connectivity index (χ1n) is 12.9. The monoisotopic (exact) mass is 482 g/mol. The number of aliphatic hydroxyl groups excluding tert-OH is 1. The van der Waals surface area contributed by atoms with Crippen molar-refractivity contribution in [3.05, 3.63) is 29.5 Å². The molecule has 0 unspecified atom stereocenters. The zero-order chi connectivity index (χ0) is 24.9. The first kappa shape index (κ1) is 24.0. The number of nitrogens with zero attached hydrogens (tertiary/aromatic N) is 3. The van der Waals surface area contributed by atoms with Gasteiger partial charge in [0, 0.05) is 61.7 Å².